The van der Waals surface area contributed by atoms with Crippen LogP contribution in [0.1, 0.15) is 48.3 Å². The second-order valence-corrected chi connectivity index (χ2v) is 5.34. The lowest BCUT2D eigenvalue weighted by Crippen LogP contribution is -2.07. The number of phenols is 1. The number of unbranched alkanes of at least 4 members (excludes halogenated alkanes) is 1. The fourth-order valence-electron chi connectivity index (χ4n) is 2.68. The van der Waals surface area contributed by atoms with Gasteiger partial charge in [0, 0.05) is 23.1 Å². The van der Waals surface area contributed by atoms with E-state index < -0.39 is 0 Å². The van der Waals surface area contributed by atoms with Gasteiger partial charge in [-0.15, -0.1) is 0 Å². The van der Waals surface area contributed by atoms with Gasteiger partial charge in [0.1, 0.15) is 5.75 Å². The normalized spacial score (nSPS) is 11.0. The molecule has 0 atom stereocenters. The van der Waals surface area contributed by atoms with Crippen LogP contribution in [-0.4, -0.2) is 22.2 Å². The zero-order valence-corrected chi connectivity index (χ0v) is 13.2. The van der Waals surface area contributed by atoms with Crippen molar-refractivity contribution < 1.29 is 14.6 Å². The van der Waals surface area contributed by atoms with E-state index in [0.717, 1.165) is 41.5 Å². The number of hydrogen-bond acceptors (Lipinski definition) is 3. The smallest absolute Gasteiger partial charge is 0.340 e. The first-order chi connectivity index (χ1) is 10.0. The minimum absolute atomic E-state index is 0.209. The van der Waals surface area contributed by atoms with Crippen molar-refractivity contribution in [1.82, 2.24) is 4.57 Å². The summed E-state index contributed by atoms with van der Waals surface area (Å²) in [7, 11) is 0. The number of esters is 1. The maximum absolute atomic E-state index is 12.2. The maximum Gasteiger partial charge on any atom is 0.340 e. The molecule has 0 radical (unpaired) electrons. The van der Waals surface area contributed by atoms with Crippen molar-refractivity contribution >= 4 is 16.9 Å². The summed E-state index contributed by atoms with van der Waals surface area (Å²) in [5.41, 5.74) is 3.27. The van der Waals surface area contributed by atoms with Crippen LogP contribution in [0.4, 0.5) is 0 Å². The van der Waals surface area contributed by atoms with Crippen molar-refractivity contribution in [3.63, 3.8) is 0 Å². The van der Waals surface area contributed by atoms with Gasteiger partial charge in [-0.1, -0.05) is 13.3 Å². The van der Waals surface area contributed by atoms with Crippen molar-refractivity contribution in [2.75, 3.05) is 6.61 Å². The Bertz CT molecular complexity index is 670. The largest absolute Gasteiger partial charge is 0.508 e. The van der Waals surface area contributed by atoms with E-state index in [-0.39, 0.29) is 11.7 Å². The third-order valence-electron chi connectivity index (χ3n) is 3.86. The average molecular weight is 289 g/mol. The zero-order valence-electron chi connectivity index (χ0n) is 13.2. The minimum Gasteiger partial charge on any atom is -0.508 e. The van der Waals surface area contributed by atoms with Crippen LogP contribution in [-0.2, 0) is 11.3 Å². The van der Waals surface area contributed by atoms with Crippen molar-refractivity contribution in [1.29, 1.82) is 0 Å². The molecule has 0 amide bonds. The lowest BCUT2D eigenvalue weighted by Gasteiger charge is -2.08. The van der Waals surface area contributed by atoms with Crippen LogP contribution in [0.5, 0.6) is 5.75 Å². The monoisotopic (exact) mass is 289 g/mol. The van der Waals surface area contributed by atoms with Crippen molar-refractivity contribution in [3.8, 4) is 5.75 Å². The summed E-state index contributed by atoms with van der Waals surface area (Å²) in [5.74, 6) is -0.112. The number of carbonyl (C=O) groups is 1. The Balaban J connectivity index is 2.69. The van der Waals surface area contributed by atoms with Crippen LogP contribution in [0.3, 0.4) is 0 Å². The van der Waals surface area contributed by atoms with E-state index in [4.69, 9.17) is 4.74 Å². The number of benzene rings is 1. The predicted molar refractivity (Wildman–Crippen MR) is 83.9 cm³/mol. The van der Waals surface area contributed by atoms with Crippen molar-refractivity contribution in [3.05, 3.63) is 29.0 Å². The minimum atomic E-state index is -0.321. The van der Waals surface area contributed by atoms with Gasteiger partial charge in [0.2, 0.25) is 0 Å². The highest BCUT2D eigenvalue weighted by Crippen LogP contribution is 2.32. The maximum atomic E-state index is 12.2. The highest BCUT2D eigenvalue weighted by molar-refractivity contribution is 6.06. The molecule has 2 rings (SSSR count). The van der Waals surface area contributed by atoms with Gasteiger partial charge < -0.3 is 14.4 Å². The molecule has 0 aliphatic carbocycles. The highest BCUT2D eigenvalue weighted by atomic mass is 16.5. The molecule has 0 aliphatic rings. The number of nitrogens with zero attached hydrogens (tertiary/aromatic N) is 1. The molecule has 0 saturated heterocycles. The molecule has 0 spiro atoms. The molecule has 1 aromatic carbocycles. The summed E-state index contributed by atoms with van der Waals surface area (Å²) in [5, 5.41) is 10.7. The molecule has 4 heteroatoms. The first kappa shape index (κ1) is 15.4. The van der Waals surface area contributed by atoms with Crippen molar-refractivity contribution in [2.24, 2.45) is 0 Å². The predicted octanol–water partition coefficient (Wildman–Crippen LogP) is 3.94. The second-order valence-electron chi connectivity index (χ2n) is 5.34. The van der Waals surface area contributed by atoms with Gasteiger partial charge in [0.05, 0.1) is 12.2 Å². The Morgan fingerprint density at radius 2 is 2.00 bits per heavy atom. The fraction of sp³-hybridized carbons (Fsp3) is 0.471. The number of aromatic nitrogens is 1. The molecule has 1 aromatic heterocycles. The first-order valence-corrected chi connectivity index (χ1v) is 7.50. The van der Waals surface area contributed by atoms with E-state index in [1.54, 1.807) is 13.0 Å². The van der Waals surface area contributed by atoms with Crippen LogP contribution in [0.15, 0.2) is 12.1 Å². The zero-order chi connectivity index (χ0) is 15.6. The van der Waals surface area contributed by atoms with E-state index in [9.17, 15) is 9.90 Å². The van der Waals surface area contributed by atoms with Gasteiger partial charge in [-0.3, -0.25) is 0 Å². The molecule has 0 bridgehead atoms. The van der Waals surface area contributed by atoms with Gasteiger partial charge in [-0.2, -0.15) is 0 Å². The van der Waals surface area contributed by atoms with Crippen LogP contribution >= 0.6 is 0 Å². The Morgan fingerprint density at radius 3 is 2.62 bits per heavy atom. The Hall–Kier alpha value is -1.97. The third kappa shape index (κ3) is 2.75. The quantitative estimate of drug-likeness (QED) is 0.848. The van der Waals surface area contributed by atoms with Crippen LogP contribution in [0, 0.1) is 13.8 Å². The number of aryl methyl sites for hydroxylation is 2. The van der Waals surface area contributed by atoms with E-state index >= 15 is 0 Å². The van der Waals surface area contributed by atoms with Crippen LogP contribution in [0.2, 0.25) is 0 Å². The lowest BCUT2D eigenvalue weighted by molar-refractivity contribution is 0.0527. The molecule has 1 N–H and O–H groups in total. The molecular weight excluding hydrogens is 266 g/mol. The van der Waals surface area contributed by atoms with Crippen molar-refractivity contribution in [2.45, 2.75) is 47.1 Å². The average Bonchev–Trinajstić information content (AvgIpc) is 2.69. The Labute approximate surface area is 125 Å². The summed E-state index contributed by atoms with van der Waals surface area (Å²) < 4.78 is 7.32. The van der Waals surface area contributed by atoms with Crippen LogP contribution < -0.4 is 0 Å². The molecular formula is C17H23NO3. The van der Waals surface area contributed by atoms with Gasteiger partial charge in [-0.05, 0) is 44.9 Å². The van der Waals surface area contributed by atoms with Crippen LogP contribution in [0.25, 0.3) is 10.9 Å². The summed E-state index contributed by atoms with van der Waals surface area (Å²) in [4.78, 5) is 12.2. The molecule has 2 aromatic rings. The first-order valence-electron chi connectivity index (χ1n) is 7.50. The number of aromatic hydroxyl groups is 1. The Morgan fingerprint density at radius 1 is 1.29 bits per heavy atom. The van der Waals surface area contributed by atoms with Gasteiger partial charge in [-0.25, -0.2) is 4.79 Å². The topological polar surface area (TPSA) is 51.5 Å². The third-order valence-corrected chi connectivity index (χ3v) is 3.86. The number of carbonyl (C=O) groups excluding carboxylic acids is 1. The molecule has 21 heavy (non-hydrogen) atoms. The van der Waals surface area contributed by atoms with E-state index in [1.165, 1.54) is 0 Å². The second kappa shape index (κ2) is 6.20. The molecule has 0 unspecified atom stereocenters. The number of ether oxygens (including phenoxy) is 1. The van der Waals surface area contributed by atoms with E-state index in [1.807, 2.05) is 19.9 Å². The number of fused-ring (bicyclic) bond motifs is 1. The molecule has 114 valence electrons. The highest BCUT2D eigenvalue weighted by Gasteiger charge is 2.21. The summed E-state index contributed by atoms with van der Waals surface area (Å²) in [6, 6.07) is 3.61. The number of hydrogen-bond donors (Lipinski definition) is 1. The molecule has 0 aliphatic heterocycles. The summed E-state index contributed by atoms with van der Waals surface area (Å²) in [6.07, 6.45) is 2.14. The molecule has 4 nitrogen and oxygen atoms in total. The standard InChI is InChI=1S/C17H23NO3/c1-5-7-8-18-12(4)16(17(20)21-6-2)13-10-15(19)11(3)9-14(13)18/h9-10,19H,5-8H2,1-4H3. The lowest BCUT2D eigenvalue weighted by atomic mass is 10.1. The van der Waals surface area contributed by atoms with Gasteiger partial charge in [0.25, 0.3) is 0 Å². The number of rotatable bonds is 5. The summed E-state index contributed by atoms with van der Waals surface area (Å²) in [6.45, 7) is 8.95. The molecule has 1 heterocycles. The Kier molecular flexibility index (Phi) is 4.56. The molecule has 0 saturated carbocycles. The summed E-state index contributed by atoms with van der Waals surface area (Å²) >= 11 is 0. The van der Waals surface area contributed by atoms with Gasteiger partial charge >= 0.3 is 5.97 Å². The number of phenolic OH excluding ortho intramolecular Hbond substituents is 1. The molecule has 0 fully saturated rings. The van der Waals surface area contributed by atoms with E-state index in [0.29, 0.717) is 12.2 Å². The van der Waals surface area contributed by atoms with Gasteiger partial charge in [0.15, 0.2) is 0 Å². The SMILES string of the molecule is CCCCn1c(C)c(C(=O)OCC)c2cc(O)c(C)cc21. The fourth-order valence-corrected chi connectivity index (χ4v) is 2.68. The van der Waals surface area contributed by atoms with E-state index in [2.05, 4.69) is 11.5 Å².